The molecular weight excluding hydrogens is 190 g/mol. The Hall–Kier alpha value is 0.310. The zero-order valence-electron chi connectivity index (χ0n) is 10.4. The zero-order valence-corrected chi connectivity index (χ0v) is 11.2. The van der Waals surface area contributed by atoms with E-state index in [1.807, 2.05) is 11.8 Å². The zero-order chi connectivity index (χ0) is 10.9. The van der Waals surface area contributed by atoms with Gasteiger partial charge >= 0.3 is 0 Å². The molecule has 2 heteroatoms. The molecule has 0 spiro atoms. The number of unbranched alkanes of at least 4 members (excludes halogenated alkanes) is 4. The van der Waals surface area contributed by atoms with Gasteiger partial charge in [-0.05, 0) is 52.2 Å². The van der Waals surface area contributed by atoms with Crippen LogP contribution in [0, 0.1) is 0 Å². The van der Waals surface area contributed by atoms with Gasteiger partial charge in [-0.25, -0.2) is 0 Å². The van der Waals surface area contributed by atoms with Gasteiger partial charge in [-0.15, -0.1) is 0 Å². The average Bonchev–Trinajstić information content (AvgIpc) is 2.08. The maximum Gasteiger partial charge on any atom is 0.00965 e. The third-order valence-electron chi connectivity index (χ3n) is 2.18. The van der Waals surface area contributed by atoms with Gasteiger partial charge in [0.2, 0.25) is 0 Å². The second-order valence-corrected chi connectivity index (χ2v) is 5.92. The quantitative estimate of drug-likeness (QED) is 0.622. The van der Waals surface area contributed by atoms with Crippen LogP contribution < -0.4 is 5.32 Å². The lowest BCUT2D eigenvalue weighted by Gasteiger charge is -2.20. The molecule has 1 N–H and O–H groups in total. The second-order valence-electron chi connectivity index (χ2n) is 4.94. The van der Waals surface area contributed by atoms with E-state index in [0.29, 0.717) is 5.54 Å². The Morgan fingerprint density at radius 2 is 1.50 bits per heavy atom. The summed E-state index contributed by atoms with van der Waals surface area (Å²) < 4.78 is 0. The molecule has 0 aliphatic carbocycles. The molecule has 0 amide bonds. The van der Waals surface area contributed by atoms with Crippen molar-refractivity contribution in [1.82, 2.24) is 5.32 Å². The van der Waals surface area contributed by atoms with Crippen molar-refractivity contribution in [2.45, 2.75) is 58.4 Å². The first-order valence-corrected chi connectivity index (χ1v) is 7.19. The topological polar surface area (TPSA) is 12.0 Å². The van der Waals surface area contributed by atoms with E-state index in [-0.39, 0.29) is 0 Å². The van der Waals surface area contributed by atoms with Gasteiger partial charge in [0, 0.05) is 5.54 Å². The van der Waals surface area contributed by atoms with Crippen molar-refractivity contribution in [3.63, 3.8) is 0 Å². The van der Waals surface area contributed by atoms with E-state index < -0.39 is 0 Å². The molecular formula is C12H27NS. The van der Waals surface area contributed by atoms with Crippen LogP contribution in [0.3, 0.4) is 0 Å². The molecule has 0 atom stereocenters. The summed E-state index contributed by atoms with van der Waals surface area (Å²) in [7, 11) is 0. The third-order valence-corrected chi connectivity index (χ3v) is 2.88. The first-order valence-electron chi connectivity index (χ1n) is 5.80. The highest BCUT2D eigenvalue weighted by Gasteiger charge is 2.06. The van der Waals surface area contributed by atoms with Crippen LogP contribution in [0.1, 0.15) is 52.9 Å². The predicted octanol–water partition coefficient (Wildman–Crippen LogP) is 3.69. The molecule has 0 aromatic heterocycles. The molecule has 0 saturated carbocycles. The summed E-state index contributed by atoms with van der Waals surface area (Å²) >= 11 is 1.96. The average molecular weight is 217 g/mol. The molecule has 0 aliphatic heterocycles. The van der Waals surface area contributed by atoms with Crippen molar-refractivity contribution < 1.29 is 0 Å². The van der Waals surface area contributed by atoms with Crippen LogP contribution in [-0.2, 0) is 0 Å². The Morgan fingerprint density at radius 3 is 2.07 bits per heavy atom. The summed E-state index contributed by atoms with van der Waals surface area (Å²) in [4.78, 5) is 0. The molecule has 0 unspecified atom stereocenters. The van der Waals surface area contributed by atoms with Gasteiger partial charge in [0.1, 0.15) is 0 Å². The van der Waals surface area contributed by atoms with Gasteiger partial charge in [0.25, 0.3) is 0 Å². The molecule has 0 saturated heterocycles. The van der Waals surface area contributed by atoms with Crippen molar-refractivity contribution in [3.8, 4) is 0 Å². The van der Waals surface area contributed by atoms with Crippen LogP contribution in [0.5, 0.6) is 0 Å². The van der Waals surface area contributed by atoms with Crippen molar-refractivity contribution >= 4 is 11.8 Å². The minimum atomic E-state index is 0.291. The molecule has 0 radical (unpaired) electrons. The third kappa shape index (κ3) is 12.3. The summed E-state index contributed by atoms with van der Waals surface area (Å²) in [5.74, 6) is 1.33. The molecule has 0 aliphatic rings. The molecule has 0 rings (SSSR count). The lowest BCUT2D eigenvalue weighted by molar-refractivity contribution is 0.416. The summed E-state index contributed by atoms with van der Waals surface area (Å²) in [5.41, 5.74) is 0.291. The first-order chi connectivity index (χ1) is 6.56. The number of hydrogen-bond acceptors (Lipinski definition) is 2. The molecule has 0 fully saturated rings. The molecule has 0 aromatic rings. The fourth-order valence-electron chi connectivity index (χ4n) is 1.37. The highest BCUT2D eigenvalue weighted by molar-refractivity contribution is 7.98. The minimum absolute atomic E-state index is 0.291. The van der Waals surface area contributed by atoms with E-state index in [9.17, 15) is 0 Å². The Kier molecular flexibility index (Phi) is 8.80. The molecule has 14 heavy (non-hydrogen) atoms. The second kappa shape index (κ2) is 8.60. The summed E-state index contributed by atoms with van der Waals surface area (Å²) in [5, 5.41) is 3.52. The van der Waals surface area contributed by atoms with E-state index in [2.05, 4.69) is 32.3 Å². The molecule has 1 nitrogen and oxygen atoms in total. The number of hydrogen-bond donors (Lipinski definition) is 1. The van der Waals surface area contributed by atoms with E-state index in [4.69, 9.17) is 0 Å². The highest BCUT2D eigenvalue weighted by Crippen LogP contribution is 2.06. The maximum atomic E-state index is 3.52. The van der Waals surface area contributed by atoms with Crippen molar-refractivity contribution in [3.05, 3.63) is 0 Å². The van der Waals surface area contributed by atoms with Crippen molar-refractivity contribution in [2.75, 3.05) is 18.6 Å². The molecule has 0 heterocycles. The normalized spacial score (nSPS) is 12.0. The van der Waals surface area contributed by atoms with E-state index in [0.717, 1.165) is 0 Å². The van der Waals surface area contributed by atoms with Crippen LogP contribution >= 0.6 is 11.8 Å². The fraction of sp³-hybridized carbons (Fsp3) is 1.00. The largest absolute Gasteiger partial charge is 0.312 e. The van der Waals surface area contributed by atoms with Gasteiger partial charge in [-0.2, -0.15) is 11.8 Å². The Labute approximate surface area is 94.4 Å². The summed E-state index contributed by atoms with van der Waals surface area (Å²) in [6.45, 7) is 7.86. The van der Waals surface area contributed by atoms with Crippen LogP contribution in [-0.4, -0.2) is 24.1 Å². The minimum Gasteiger partial charge on any atom is -0.312 e. The van der Waals surface area contributed by atoms with Gasteiger partial charge in [0.15, 0.2) is 0 Å². The van der Waals surface area contributed by atoms with Crippen LogP contribution in [0.15, 0.2) is 0 Å². The number of rotatable bonds is 8. The Morgan fingerprint density at radius 1 is 0.929 bits per heavy atom. The molecule has 0 bridgehead atoms. The number of thioether (sulfide) groups is 1. The smallest absolute Gasteiger partial charge is 0.00965 e. The van der Waals surface area contributed by atoms with Crippen LogP contribution in [0.2, 0.25) is 0 Å². The van der Waals surface area contributed by atoms with Gasteiger partial charge in [0.05, 0.1) is 0 Å². The van der Waals surface area contributed by atoms with E-state index in [1.165, 1.54) is 44.4 Å². The summed E-state index contributed by atoms with van der Waals surface area (Å²) in [6.07, 6.45) is 9.12. The van der Waals surface area contributed by atoms with Crippen molar-refractivity contribution in [1.29, 1.82) is 0 Å². The molecule has 86 valence electrons. The van der Waals surface area contributed by atoms with Gasteiger partial charge in [-0.1, -0.05) is 19.3 Å². The van der Waals surface area contributed by atoms with Crippen molar-refractivity contribution in [2.24, 2.45) is 0 Å². The van der Waals surface area contributed by atoms with Gasteiger partial charge in [-0.3, -0.25) is 0 Å². The van der Waals surface area contributed by atoms with E-state index >= 15 is 0 Å². The van der Waals surface area contributed by atoms with Crippen LogP contribution in [0.4, 0.5) is 0 Å². The lowest BCUT2D eigenvalue weighted by Crippen LogP contribution is -2.36. The first kappa shape index (κ1) is 14.3. The fourth-order valence-corrected chi connectivity index (χ4v) is 1.86. The SMILES string of the molecule is CSCCCCCCCNC(C)(C)C. The standard InChI is InChI=1S/C12H27NS/c1-12(2,3)13-10-8-6-5-7-9-11-14-4/h13H,5-11H2,1-4H3. The maximum absolute atomic E-state index is 3.52. The van der Waals surface area contributed by atoms with Crippen LogP contribution in [0.25, 0.3) is 0 Å². The lowest BCUT2D eigenvalue weighted by atomic mass is 10.1. The van der Waals surface area contributed by atoms with E-state index in [1.54, 1.807) is 0 Å². The Balaban J connectivity index is 2.99. The summed E-state index contributed by atoms with van der Waals surface area (Å²) in [6, 6.07) is 0. The highest BCUT2D eigenvalue weighted by atomic mass is 32.2. The number of nitrogens with one attached hydrogen (secondary N) is 1. The monoisotopic (exact) mass is 217 g/mol. The Bertz CT molecular complexity index is 118. The predicted molar refractivity (Wildman–Crippen MR) is 69.2 cm³/mol. The molecule has 0 aromatic carbocycles. The van der Waals surface area contributed by atoms with Gasteiger partial charge < -0.3 is 5.32 Å².